The van der Waals surface area contributed by atoms with Crippen LogP contribution < -0.4 is 11.1 Å². The van der Waals surface area contributed by atoms with Crippen molar-refractivity contribution in [1.29, 1.82) is 0 Å². The van der Waals surface area contributed by atoms with Gasteiger partial charge in [0.15, 0.2) is 0 Å². The Bertz CT molecular complexity index is 401. The normalized spacial score (nSPS) is 12.4. The molecule has 0 spiro atoms. The van der Waals surface area contributed by atoms with Gasteiger partial charge in [-0.05, 0) is 24.7 Å². The minimum absolute atomic E-state index is 0.175. The SMILES string of the molecule is CCNC(CSc1cc(F)ccc1F)C(N)=O. The number of hydrogen-bond donors (Lipinski definition) is 2. The second-order valence-corrected chi connectivity index (χ2v) is 4.46. The molecule has 0 aliphatic heterocycles. The lowest BCUT2D eigenvalue weighted by molar-refractivity contribution is -0.119. The van der Waals surface area contributed by atoms with Crippen molar-refractivity contribution in [3.63, 3.8) is 0 Å². The number of likely N-dealkylation sites (N-methyl/N-ethyl adjacent to an activating group) is 1. The summed E-state index contributed by atoms with van der Waals surface area (Å²) in [4.78, 5) is 11.2. The van der Waals surface area contributed by atoms with Crippen LogP contribution in [0.1, 0.15) is 6.92 Å². The van der Waals surface area contributed by atoms with Crippen LogP contribution in [0.4, 0.5) is 8.78 Å². The zero-order chi connectivity index (χ0) is 12.8. The van der Waals surface area contributed by atoms with E-state index in [9.17, 15) is 13.6 Å². The summed E-state index contributed by atoms with van der Waals surface area (Å²) >= 11 is 1.06. The van der Waals surface area contributed by atoms with Gasteiger partial charge in [0.2, 0.25) is 5.91 Å². The zero-order valence-electron chi connectivity index (χ0n) is 9.37. The Labute approximate surface area is 103 Å². The molecule has 0 bridgehead atoms. The van der Waals surface area contributed by atoms with Gasteiger partial charge in [0.25, 0.3) is 0 Å². The monoisotopic (exact) mass is 260 g/mol. The molecule has 1 atom stereocenters. The smallest absolute Gasteiger partial charge is 0.235 e. The van der Waals surface area contributed by atoms with Crippen molar-refractivity contribution >= 4 is 17.7 Å². The first kappa shape index (κ1) is 13.9. The topological polar surface area (TPSA) is 55.1 Å². The molecule has 0 aliphatic carbocycles. The summed E-state index contributed by atoms with van der Waals surface area (Å²) in [6.45, 7) is 2.42. The number of amides is 1. The van der Waals surface area contributed by atoms with Crippen molar-refractivity contribution in [1.82, 2.24) is 5.32 Å². The number of halogens is 2. The van der Waals surface area contributed by atoms with Gasteiger partial charge in [0, 0.05) is 10.6 Å². The van der Waals surface area contributed by atoms with Crippen LogP contribution >= 0.6 is 11.8 Å². The fourth-order valence-electron chi connectivity index (χ4n) is 1.25. The Morgan fingerprint density at radius 2 is 2.24 bits per heavy atom. The summed E-state index contributed by atoms with van der Waals surface area (Å²) in [7, 11) is 0. The third-order valence-corrected chi connectivity index (χ3v) is 3.22. The lowest BCUT2D eigenvalue weighted by Gasteiger charge is -2.13. The lowest BCUT2D eigenvalue weighted by atomic mass is 10.3. The van der Waals surface area contributed by atoms with E-state index in [1.165, 1.54) is 0 Å². The van der Waals surface area contributed by atoms with Crippen molar-refractivity contribution in [2.45, 2.75) is 17.9 Å². The first-order chi connectivity index (χ1) is 8.04. The first-order valence-electron chi connectivity index (χ1n) is 5.15. The standard InChI is InChI=1S/C11H14F2N2OS/c1-2-15-9(11(14)16)6-17-10-5-7(12)3-4-8(10)13/h3-5,9,15H,2,6H2,1H3,(H2,14,16). The average Bonchev–Trinajstić information content (AvgIpc) is 2.28. The highest BCUT2D eigenvalue weighted by atomic mass is 32.2. The molecule has 1 rings (SSSR count). The van der Waals surface area contributed by atoms with Gasteiger partial charge in [-0.1, -0.05) is 6.92 Å². The molecule has 6 heteroatoms. The third-order valence-electron chi connectivity index (χ3n) is 2.09. The average molecular weight is 260 g/mol. The maximum absolute atomic E-state index is 13.3. The Hall–Kier alpha value is -1.14. The molecule has 1 unspecified atom stereocenters. The van der Waals surface area contributed by atoms with Gasteiger partial charge in [-0.3, -0.25) is 4.79 Å². The minimum Gasteiger partial charge on any atom is -0.368 e. The van der Waals surface area contributed by atoms with E-state index in [-0.39, 0.29) is 10.6 Å². The van der Waals surface area contributed by atoms with E-state index in [0.717, 1.165) is 30.0 Å². The second-order valence-electron chi connectivity index (χ2n) is 3.40. The predicted molar refractivity (Wildman–Crippen MR) is 63.7 cm³/mol. The molecule has 0 aromatic heterocycles. The van der Waals surface area contributed by atoms with Crippen LogP contribution in [0.15, 0.2) is 23.1 Å². The maximum Gasteiger partial charge on any atom is 0.235 e. The highest BCUT2D eigenvalue weighted by molar-refractivity contribution is 7.99. The fraction of sp³-hybridized carbons (Fsp3) is 0.364. The van der Waals surface area contributed by atoms with E-state index in [1.807, 2.05) is 6.92 Å². The highest BCUT2D eigenvalue weighted by Crippen LogP contribution is 2.23. The van der Waals surface area contributed by atoms with Crippen LogP contribution in [-0.4, -0.2) is 24.2 Å². The third kappa shape index (κ3) is 4.32. The molecule has 1 amide bonds. The molecule has 1 aromatic carbocycles. The molecule has 1 aromatic rings. The number of carbonyl (C=O) groups excluding carboxylic acids is 1. The number of rotatable bonds is 6. The minimum atomic E-state index is -0.548. The first-order valence-corrected chi connectivity index (χ1v) is 6.13. The van der Waals surface area contributed by atoms with E-state index in [2.05, 4.69) is 5.32 Å². The summed E-state index contributed by atoms with van der Waals surface area (Å²) in [6, 6.07) is 2.66. The van der Waals surface area contributed by atoms with E-state index in [0.29, 0.717) is 6.54 Å². The molecule has 0 radical (unpaired) electrons. The van der Waals surface area contributed by atoms with Gasteiger partial charge in [0.1, 0.15) is 11.6 Å². The number of carbonyl (C=O) groups is 1. The highest BCUT2D eigenvalue weighted by Gasteiger charge is 2.15. The quantitative estimate of drug-likeness (QED) is 0.762. The summed E-state index contributed by atoms with van der Waals surface area (Å²) in [5.41, 5.74) is 5.17. The molecule has 0 fully saturated rings. The van der Waals surface area contributed by atoms with Gasteiger partial charge in [-0.15, -0.1) is 11.8 Å². The number of nitrogens with two attached hydrogens (primary N) is 1. The molecule has 0 saturated heterocycles. The van der Waals surface area contributed by atoms with Gasteiger partial charge in [0.05, 0.1) is 6.04 Å². The zero-order valence-corrected chi connectivity index (χ0v) is 10.2. The van der Waals surface area contributed by atoms with Crippen LogP contribution in [0, 0.1) is 11.6 Å². The van der Waals surface area contributed by atoms with Crippen molar-refractivity contribution in [2.75, 3.05) is 12.3 Å². The van der Waals surface area contributed by atoms with E-state index < -0.39 is 23.6 Å². The fourth-order valence-corrected chi connectivity index (χ4v) is 2.28. The second kappa shape index (κ2) is 6.56. The number of thioether (sulfide) groups is 1. The molecule has 17 heavy (non-hydrogen) atoms. The molecular weight excluding hydrogens is 246 g/mol. The Morgan fingerprint density at radius 3 is 2.82 bits per heavy atom. The van der Waals surface area contributed by atoms with E-state index in [1.54, 1.807) is 0 Å². The van der Waals surface area contributed by atoms with Crippen molar-refractivity contribution in [3.05, 3.63) is 29.8 Å². The van der Waals surface area contributed by atoms with Crippen LogP contribution in [0.2, 0.25) is 0 Å². The number of nitrogens with one attached hydrogen (secondary N) is 1. The summed E-state index contributed by atoms with van der Waals surface area (Å²) in [5, 5.41) is 2.87. The molecule has 3 nitrogen and oxygen atoms in total. The summed E-state index contributed by atoms with van der Waals surface area (Å²) < 4.78 is 26.2. The van der Waals surface area contributed by atoms with E-state index >= 15 is 0 Å². The number of hydrogen-bond acceptors (Lipinski definition) is 3. The predicted octanol–water partition coefficient (Wildman–Crippen LogP) is 1.52. The Kier molecular flexibility index (Phi) is 5.37. The molecule has 3 N–H and O–H groups in total. The molecule has 0 saturated carbocycles. The molecule has 94 valence electrons. The molecule has 0 heterocycles. The van der Waals surface area contributed by atoms with Gasteiger partial charge in [-0.25, -0.2) is 8.78 Å². The van der Waals surface area contributed by atoms with E-state index in [4.69, 9.17) is 5.73 Å². The Balaban J connectivity index is 2.64. The van der Waals surface area contributed by atoms with Crippen LogP contribution in [0.5, 0.6) is 0 Å². The van der Waals surface area contributed by atoms with Gasteiger partial charge < -0.3 is 11.1 Å². The van der Waals surface area contributed by atoms with Crippen LogP contribution in [0.25, 0.3) is 0 Å². The molecule has 0 aliphatic rings. The summed E-state index contributed by atoms with van der Waals surface area (Å²) in [6.07, 6.45) is 0. The van der Waals surface area contributed by atoms with Gasteiger partial charge in [-0.2, -0.15) is 0 Å². The van der Waals surface area contributed by atoms with Crippen molar-refractivity contribution in [3.8, 4) is 0 Å². The van der Waals surface area contributed by atoms with Crippen molar-refractivity contribution in [2.24, 2.45) is 5.73 Å². The summed E-state index contributed by atoms with van der Waals surface area (Å²) in [5.74, 6) is -1.25. The number of benzene rings is 1. The number of primary amides is 1. The maximum atomic E-state index is 13.3. The van der Waals surface area contributed by atoms with Gasteiger partial charge >= 0.3 is 0 Å². The lowest BCUT2D eigenvalue weighted by Crippen LogP contribution is -2.43. The Morgan fingerprint density at radius 1 is 1.53 bits per heavy atom. The largest absolute Gasteiger partial charge is 0.368 e. The molecular formula is C11H14F2N2OS. The van der Waals surface area contributed by atoms with Crippen molar-refractivity contribution < 1.29 is 13.6 Å². The van der Waals surface area contributed by atoms with Crippen LogP contribution in [0.3, 0.4) is 0 Å². The van der Waals surface area contributed by atoms with Crippen LogP contribution in [-0.2, 0) is 4.79 Å².